The fraction of sp³-hybridized carbons (Fsp3) is 0.500. The molecule has 0 aromatic carbocycles. The Labute approximate surface area is 107 Å². The smallest absolute Gasteiger partial charge is 0.237 e. The number of pyridine rings is 1. The predicted molar refractivity (Wildman–Crippen MR) is 72.4 cm³/mol. The first kappa shape index (κ1) is 12.1. The minimum Gasteiger partial charge on any atom is -0.480 e. The van der Waals surface area contributed by atoms with Crippen molar-refractivity contribution in [1.29, 1.82) is 0 Å². The minimum absolute atomic E-state index is 0.512. The molecule has 1 aliphatic carbocycles. The number of aromatic nitrogens is 1. The molecule has 1 aromatic rings. The maximum atomic E-state index is 5.27. The zero-order chi connectivity index (χ0) is 12.1. The van der Waals surface area contributed by atoms with Gasteiger partial charge in [0.25, 0.3) is 0 Å². The molecule has 0 saturated heterocycles. The molecule has 1 saturated carbocycles. The molecule has 1 aromatic heterocycles. The molecule has 2 N–H and O–H groups in total. The molecule has 0 bridgehead atoms. The van der Waals surface area contributed by atoms with Gasteiger partial charge in [-0.05, 0) is 37.2 Å². The van der Waals surface area contributed by atoms with Crippen molar-refractivity contribution >= 4 is 23.0 Å². The van der Waals surface area contributed by atoms with E-state index in [4.69, 9.17) is 17.0 Å². The first-order valence-corrected chi connectivity index (χ1v) is 6.27. The summed E-state index contributed by atoms with van der Waals surface area (Å²) in [5.74, 6) is 0.558. The largest absolute Gasteiger partial charge is 0.480 e. The van der Waals surface area contributed by atoms with Crippen LogP contribution in [-0.4, -0.2) is 23.2 Å². The van der Waals surface area contributed by atoms with Gasteiger partial charge in [0.15, 0.2) is 5.11 Å². The van der Waals surface area contributed by atoms with Crippen molar-refractivity contribution < 1.29 is 4.74 Å². The van der Waals surface area contributed by atoms with Crippen LogP contribution in [0.3, 0.4) is 0 Å². The molecule has 1 heterocycles. The number of hydrogen-bond acceptors (Lipinski definition) is 3. The highest BCUT2D eigenvalue weighted by Gasteiger charge is 2.16. The minimum atomic E-state index is 0.512. The Morgan fingerprint density at radius 3 is 2.94 bits per heavy atom. The van der Waals surface area contributed by atoms with Gasteiger partial charge in [-0.3, -0.25) is 0 Å². The molecule has 92 valence electrons. The number of methoxy groups -OCH3 is 1. The van der Waals surface area contributed by atoms with Crippen molar-refractivity contribution in [1.82, 2.24) is 10.3 Å². The molecule has 0 radical (unpaired) electrons. The van der Waals surface area contributed by atoms with Gasteiger partial charge in [-0.15, -0.1) is 0 Å². The number of hydrogen-bond donors (Lipinski definition) is 2. The second-order valence-electron chi connectivity index (χ2n) is 4.14. The van der Waals surface area contributed by atoms with Crippen LogP contribution in [0.1, 0.15) is 25.7 Å². The van der Waals surface area contributed by atoms with Crippen LogP contribution in [0.4, 0.5) is 5.69 Å². The fourth-order valence-electron chi connectivity index (χ4n) is 2.06. The van der Waals surface area contributed by atoms with Crippen LogP contribution in [0.15, 0.2) is 18.3 Å². The fourth-order valence-corrected chi connectivity index (χ4v) is 2.34. The number of thiocarbonyl (C=S) groups is 1. The molecule has 17 heavy (non-hydrogen) atoms. The van der Waals surface area contributed by atoms with Crippen LogP contribution in [0.5, 0.6) is 5.88 Å². The summed E-state index contributed by atoms with van der Waals surface area (Å²) in [5, 5.41) is 7.08. The van der Waals surface area contributed by atoms with E-state index in [1.165, 1.54) is 25.7 Å². The van der Waals surface area contributed by atoms with E-state index in [0.717, 1.165) is 5.69 Å². The van der Waals surface area contributed by atoms with Crippen molar-refractivity contribution in [2.24, 2.45) is 0 Å². The second-order valence-corrected chi connectivity index (χ2v) is 4.55. The number of rotatable bonds is 3. The highest BCUT2D eigenvalue weighted by Crippen LogP contribution is 2.21. The molecule has 2 rings (SSSR count). The summed E-state index contributed by atoms with van der Waals surface area (Å²) in [4.78, 5) is 4.11. The first-order chi connectivity index (χ1) is 8.29. The number of anilines is 1. The van der Waals surface area contributed by atoms with Gasteiger partial charge in [-0.1, -0.05) is 12.8 Å². The van der Waals surface area contributed by atoms with Gasteiger partial charge in [0.2, 0.25) is 5.88 Å². The van der Waals surface area contributed by atoms with Crippen LogP contribution in [0.25, 0.3) is 0 Å². The average molecular weight is 251 g/mol. The summed E-state index contributed by atoms with van der Waals surface area (Å²) in [6.45, 7) is 0. The van der Waals surface area contributed by atoms with Gasteiger partial charge in [0, 0.05) is 12.2 Å². The maximum Gasteiger partial charge on any atom is 0.237 e. The van der Waals surface area contributed by atoms with Crippen molar-refractivity contribution in [2.45, 2.75) is 31.7 Å². The summed E-state index contributed by atoms with van der Waals surface area (Å²) in [6.07, 6.45) is 6.67. The van der Waals surface area contributed by atoms with Crippen molar-refractivity contribution in [3.63, 3.8) is 0 Å². The number of nitrogens with zero attached hydrogens (tertiary/aromatic N) is 1. The van der Waals surface area contributed by atoms with Crippen LogP contribution in [-0.2, 0) is 0 Å². The monoisotopic (exact) mass is 251 g/mol. The zero-order valence-corrected chi connectivity index (χ0v) is 10.7. The van der Waals surface area contributed by atoms with E-state index in [1.807, 2.05) is 12.1 Å². The third-order valence-electron chi connectivity index (χ3n) is 2.90. The number of nitrogens with one attached hydrogen (secondary N) is 2. The van der Waals surface area contributed by atoms with Gasteiger partial charge < -0.3 is 15.4 Å². The molecule has 1 fully saturated rings. The average Bonchev–Trinajstić information content (AvgIpc) is 2.82. The summed E-state index contributed by atoms with van der Waals surface area (Å²) in [5.41, 5.74) is 0.797. The lowest BCUT2D eigenvalue weighted by Gasteiger charge is -2.16. The van der Waals surface area contributed by atoms with Crippen LogP contribution in [0.2, 0.25) is 0 Å². The Balaban J connectivity index is 1.92. The molecule has 0 amide bonds. The first-order valence-electron chi connectivity index (χ1n) is 5.86. The Hall–Kier alpha value is -1.36. The molecule has 0 spiro atoms. The maximum absolute atomic E-state index is 5.27. The van der Waals surface area contributed by atoms with Gasteiger partial charge in [0.05, 0.1) is 7.11 Å². The van der Waals surface area contributed by atoms with Crippen molar-refractivity contribution in [3.05, 3.63) is 18.3 Å². The lowest BCUT2D eigenvalue weighted by molar-refractivity contribution is 0.400. The van der Waals surface area contributed by atoms with Crippen LogP contribution >= 0.6 is 12.2 Å². The third-order valence-corrected chi connectivity index (χ3v) is 3.12. The summed E-state index contributed by atoms with van der Waals surface area (Å²) in [6, 6.07) is 4.26. The van der Waals surface area contributed by atoms with Crippen LogP contribution in [0, 0.1) is 0 Å². The highest BCUT2D eigenvalue weighted by molar-refractivity contribution is 7.80. The van der Waals surface area contributed by atoms with E-state index >= 15 is 0 Å². The van der Waals surface area contributed by atoms with Crippen molar-refractivity contribution in [2.75, 3.05) is 12.4 Å². The number of ether oxygens (including phenoxy) is 1. The Morgan fingerprint density at radius 2 is 2.24 bits per heavy atom. The Morgan fingerprint density at radius 1 is 1.47 bits per heavy atom. The van der Waals surface area contributed by atoms with E-state index in [9.17, 15) is 0 Å². The van der Waals surface area contributed by atoms with E-state index in [2.05, 4.69) is 15.6 Å². The highest BCUT2D eigenvalue weighted by atomic mass is 32.1. The summed E-state index contributed by atoms with van der Waals surface area (Å²) < 4.78 is 5.16. The molecule has 0 unspecified atom stereocenters. The van der Waals surface area contributed by atoms with Gasteiger partial charge in [-0.2, -0.15) is 0 Å². The van der Waals surface area contributed by atoms with Crippen molar-refractivity contribution in [3.8, 4) is 5.88 Å². The topological polar surface area (TPSA) is 46.2 Å². The molecular weight excluding hydrogens is 234 g/mol. The Bertz CT molecular complexity index is 391. The van der Waals surface area contributed by atoms with E-state index in [1.54, 1.807) is 13.3 Å². The van der Waals surface area contributed by atoms with Gasteiger partial charge >= 0.3 is 0 Å². The zero-order valence-electron chi connectivity index (χ0n) is 9.90. The lowest BCUT2D eigenvalue weighted by atomic mass is 10.2. The van der Waals surface area contributed by atoms with Crippen LogP contribution < -0.4 is 15.4 Å². The molecule has 1 aliphatic rings. The van der Waals surface area contributed by atoms with E-state index in [-0.39, 0.29) is 0 Å². The molecule has 5 heteroatoms. The standard InChI is InChI=1S/C12H17N3OS/c1-16-11-10(7-4-8-13-11)15-12(17)14-9-5-2-3-6-9/h4,7-9H,2-3,5-6H2,1H3,(H2,14,15,17). The van der Waals surface area contributed by atoms with Gasteiger partial charge in [0.1, 0.15) is 5.69 Å². The summed E-state index contributed by atoms with van der Waals surface area (Å²) in [7, 11) is 1.60. The quantitative estimate of drug-likeness (QED) is 0.807. The molecule has 0 aliphatic heterocycles. The van der Waals surface area contributed by atoms with E-state index in [0.29, 0.717) is 17.0 Å². The van der Waals surface area contributed by atoms with E-state index < -0.39 is 0 Å². The Kier molecular flexibility index (Phi) is 4.14. The third kappa shape index (κ3) is 3.30. The normalized spacial score (nSPS) is 15.6. The van der Waals surface area contributed by atoms with Gasteiger partial charge in [-0.25, -0.2) is 4.98 Å². The molecule has 4 nitrogen and oxygen atoms in total. The predicted octanol–water partition coefficient (Wildman–Crippen LogP) is 2.32. The summed E-state index contributed by atoms with van der Waals surface area (Å²) >= 11 is 5.27. The molecule has 0 atom stereocenters. The molecular formula is C12H17N3OS. The SMILES string of the molecule is COc1ncccc1NC(=S)NC1CCCC1. The lowest BCUT2D eigenvalue weighted by Crippen LogP contribution is -2.36. The second kappa shape index (κ2) is 5.82.